The van der Waals surface area contributed by atoms with Crippen LogP contribution < -0.4 is 11.1 Å². The number of carbonyl (C=O) groups is 1. The molecular formula is C22H19F6N5O2. The van der Waals surface area contributed by atoms with Gasteiger partial charge in [-0.3, -0.25) is 0 Å². The molecule has 0 unspecified atom stereocenters. The van der Waals surface area contributed by atoms with E-state index in [-0.39, 0.29) is 11.5 Å². The molecule has 0 saturated carbocycles. The number of carboxylic acids is 1. The monoisotopic (exact) mass is 499 g/mol. The number of fused-ring (bicyclic) bond motifs is 3. The average Bonchev–Trinajstić information content (AvgIpc) is 3.14. The first-order chi connectivity index (χ1) is 16.3. The molecule has 0 spiro atoms. The van der Waals surface area contributed by atoms with Crippen molar-refractivity contribution in [3.8, 4) is 11.1 Å². The topological polar surface area (TPSA) is 106 Å². The third kappa shape index (κ3) is 5.23. The van der Waals surface area contributed by atoms with Crippen molar-refractivity contribution < 1.29 is 36.2 Å². The van der Waals surface area contributed by atoms with Crippen molar-refractivity contribution in [1.29, 1.82) is 0 Å². The molecule has 0 fully saturated rings. The minimum absolute atomic E-state index is 0.0637. The summed E-state index contributed by atoms with van der Waals surface area (Å²) in [5.41, 5.74) is 6.88. The minimum atomic E-state index is -5.08. The Kier molecular flexibility index (Phi) is 6.81. The molecule has 0 bridgehead atoms. The molecule has 4 N–H and O–H groups in total. The van der Waals surface area contributed by atoms with E-state index in [2.05, 4.69) is 15.3 Å². The number of aryl methyl sites for hydroxylation is 1. The van der Waals surface area contributed by atoms with Crippen LogP contribution in [0.15, 0.2) is 42.6 Å². The Labute approximate surface area is 194 Å². The van der Waals surface area contributed by atoms with Gasteiger partial charge in [-0.1, -0.05) is 18.2 Å². The van der Waals surface area contributed by atoms with Gasteiger partial charge in [0.25, 0.3) is 0 Å². The maximum Gasteiger partial charge on any atom is 0.490 e. The first kappa shape index (κ1) is 25.6. The van der Waals surface area contributed by atoms with Crippen molar-refractivity contribution in [2.45, 2.75) is 19.3 Å². The third-order valence-electron chi connectivity index (χ3n) is 4.94. The van der Waals surface area contributed by atoms with Crippen LogP contribution in [0.5, 0.6) is 0 Å². The van der Waals surface area contributed by atoms with Crippen molar-refractivity contribution in [3.63, 3.8) is 0 Å². The number of nitrogens with zero attached hydrogens (tertiary/aromatic N) is 3. The van der Waals surface area contributed by atoms with Crippen LogP contribution in [0.2, 0.25) is 0 Å². The molecule has 2 heterocycles. The SMILES string of the molecule is CCNc1nc(N)nc2cc(-c3ccccc3C(F)(F)F)c3c(ccn3C)c12.O=C(O)C(F)(F)F. The Hall–Kier alpha value is -4.03. The number of hydrogen-bond donors (Lipinski definition) is 3. The van der Waals surface area contributed by atoms with Crippen LogP contribution in [0.3, 0.4) is 0 Å². The Bertz CT molecular complexity index is 1400. The Morgan fingerprint density at radius 1 is 1.09 bits per heavy atom. The zero-order valence-electron chi connectivity index (χ0n) is 18.3. The predicted octanol–water partition coefficient (Wildman–Crippen LogP) is 5.45. The number of aromatic nitrogens is 3. The van der Waals surface area contributed by atoms with E-state index in [1.807, 2.05) is 23.8 Å². The summed E-state index contributed by atoms with van der Waals surface area (Å²) in [6.07, 6.45) is -7.74. The largest absolute Gasteiger partial charge is 0.490 e. The number of rotatable bonds is 3. The van der Waals surface area contributed by atoms with Gasteiger partial charge in [-0.25, -0.2) is 9.78 Å². The Balaban J connectivity index is 0.000000429. The summed E-state index contributed by atoms with van der Waals surface area (Å²) in [6, 6.07) is 9.07. The summed E-state index contributed by atoms with van der Waals surface area (Å²) in [5.74, 6) is -2.13. The standard InChI is InChI=1S/C20H18F3N5.C2HF3O2/c1-3-25-18-16-12-8-9-28(2)17(12)13(10-15(16)26-19(24)27-18)11-6-4-5-7-14(11)20(21,22)23;3-2(4,5)1(6)7/h4-10H,3H2,1-2H3,(H3,24,25,26,27);(H,6,7). The van der Waals surface area contributed by atoms with E-state index < -0.39 is 23.9 Å². The van der Waals surface area contributed by atoms with E-state index in [9.17, 15) is 26.3 Å². The van der Waals surface area contributed by atoms with E-state index in [4.69, 9.17) is 15.6 Å². The zero-order chi connectivity index (χ0) is 26.1. The number of carboxylic acid groups (broad SMARTS) is 1. The highest BCUT2D eigenvalue weighted by Crippen LogP contribution is 2.42. The van der Waals surface area contributed by atoms with E-state index >= 15 is 0 Å². The van der Waals surface area contributed by atoms with Gasteiger partial charge in [0.05, 0.1) is 22.0 Å². The number of nitrogens with two attached hydrogens (primary N) is 1. The summed E-state index contributed by atoms with van der Waals surface area (Å²) >= 11 is 0. The number of halogens is 6. The van der Waals surface area contributed by atoms with Crippen molar-refractivity contribution >= 4 is 39.5 Å². The fraction of sp³-hybridized carbons (Fsp3) is 0.227. The summed E-state index contributed by atoms with van der Waals surface area (Å²) in [6.45, 7) is 2.55. The second kappa shape index (κ2) is 9.31. The first-order valence-electron chi connectivity index (χ1n) is 10.0. The predicted molar refractivity (Wildman–Crippen MR) is 119 cm³/mol. The van der Waals surface area contributed by atoms with Gasteiger partial charge in [0.1, 0.15) is 5.82 Å². The summed E-state index contributed by atoms with van der Waals surface area (Å²) < 4.78 is 74.5. The van der Waals surface area contributed by atoms with Crippen LogP contribution >= 0.6 is 0 Å². The molecule has 0 aliphatic rings. The van der Waals surface area contributed by atoms with Crippen molar-refractivity contribution in [2.75, 3.05) is 17.6 Å². The fourth-order valence-corrected chi connectivity index (χ4v) is 3.60. The third-order valence-corrected chi connectivity index (χ3v) is 4.94. The first-order valence-corrected chi connectivity index (χ1v) is 10.0. The molecule has 2 aromatic carbocycles. The molecule has 0 amide bonds. The minimum Gasteiger partial charge on any atom is -0.475 e. The van der Waals surface area contributed by atoms with Gasteiger partial charge in [0.15, 0.2) is 0 Å². The lowest BCUT2D eigenvalue weighted by molar-refractivity contribution is -0.192. The molecule has 0 saturated heterocycles. The molecular weight excluding hydrogens is 480 g/mol. The summed E-state index contributed by atoms with van der Waals surface area (Å²) in [5, 5.41) is 11.8. The van der Waals surface area contributed by atoms with Gasteiger partial charge in [-0.05, 0) is 30.7 Å². The zero-order valence-corrected chi connectivity index (χ0v) is 18.3. The van der Waals surface area contributed by atoms with E-state index in [0.29, 0.717) is 29.0 Å². The van der Waals surface area contributed by atoms with Crippen LogP contribution in [0.1, 0.15) is 12.5 Å². The smallest absolute Gasteiger partial charge is 0.475 e. The highest BCUT2D eigenvalue weighted by atomic mass is 19.4. The van der Waals surface area contributed by atoms with Crippen molar-refractivity contribution in [1.82, 2.24) is 14.5 Å². The number of nitrogens with one attached hydrogen (secondary N) is 1. The molecule has 4 aromatic rings. The molecule has 7 nitrogen and oxygen atoms in total. The lowest BCUT2D eigenvalue weighted by atomic mass is 9.95. The van der Waals surface area contributed by atoms with E-state index in [0.717, 1.165) is 16.8 Å². The van der Waals surface area contributed by atoms with Crippen molar-refractivity contribution in [3.05, 3.63) is 48.2 Å². The van der Waals surface area contributed by atoms with Gasteiger partial charge >= 0.3 is 18.3 Å². The second-order valence-electron chi connectivity index (χ2n) is 7.31. The van der Waals surface area contributed by atoms with Gasteiger partial charge < -0.3 is 20.7 Å². The van der Waals surface area contributed by atoms with Gasteiger partial charge in [-0.2, -0.15) is 31.3 Å². The lowest BCUT2D eigenvalue weighted by Crippen LogP contribution is -2.21. The molecule has 0 aliphatic carbocycles. The van der Waals surface area contributed by atoms with E-state index in [1.165, 1.54) is 12.1 Å². The quantitative estimate of drug-likeness (QED) is 0.324. The molecule has 186 valence electrons. The van der Waals surface area contributed by atoms with Gasteiger partial charge in [0, 0.05) is 30.7 Å². The molecule has 0 radical (unpaired) electrons. The normalized spacial score (nSPS) is 11.9. The molecule has 2 aromatic heterocycles. The number of alkyl halides is 6. The van der Waals surface area contributed by atoms with E-state index in [1.54, 1.807) is 19.2 Å². The number of anilines is 2. The molecule has 0 atom stereocenters. The number of benzene rings is 2. The Morgan fingerprint density at radius 2 is 1.71 bits per heavy atom. The number of aliphatic carboxylic acids is 1. The lowest BCUT2D eigenvalue weighted by Gasteiger charge is -2.16. The molecule has 4 rings (SSSR count). The van der Waals surface area contributed by atoms with Crippen molar-refractivity contribution in [2.24, 2.45) is 7.05 Å². The fourth-order valence-electron chi connectivity index (χ4n) is 3.60. The molecule has 13 heteroatoms. The van der Waals surface area contributed by atoms with Gasteiger partial charge in [0.2, 0.25) is 5.95 Å². The highest BCUT2D eigenvalue weighted by Gasteiger charge is 2.38. The van der Waals surface area contributed by atoms with Crippen LogP contribution in [0, 0.1) is 0 Å². The maximum atomic E-state index is 13.6. The van der Waals surface area contributed by atoms with Crippen LogP contribution in [-0.2, 0) is 18.0 Å². The maximum absolute atomic E-state index is 13.6. The number of hydrogen-bond acceptors (Lipinski definition) is 5. The van der Waals surface area contributed by atoms with Crippen LogP contribution in [-0.4, -0.2) is 38.3 Å². The number of nitrogen functional groups attached to an aromatic ring is 1. The molecule has 35 heavy (non-hydrogen) atoms. The summed E-state index contributed by atoms with van der Waals surface area (Å²) in [4.78, 5) is 17.5. The summed E-state index contributed by atoms with van der Waals surface area (Å²) in [7, 11) is 1.80. The highest BCUT2D eigenvalue weighted by molar-refractivity contribution is 6.16. The molecule has 0 aliphatic heterocycles. The Morgan fingerprint density at radius 3 is 2.29 bits per heavy atom. The van der Waals surface area contributed by atoms with Crippen LogP contribution in [0.25, 0.3) is 32.9 Å². The van der Waals surface area contributed by atoms with Crippen LogP contribution in [0.4, 0.5) is 38.1 Å². The second-order valence-corrected chi connectivity index (χ2v) is 7.31. The average molecular weight is 499 g/mol. The van der Waals surface area contributed by atoms with Gasteiger partial charge in [-0.15, -0.1) is 0 Å².